The van der Waals surface area contributed by atoms with Crippen LogP contribution in [0.15, 0.2) is 51.6 Å². The van der Waals surface area contributed by atoms with Gasteiger partial charge in [-0.1, -0.05) is 23.4 Å². The van der Waals surface area contributed by atoms with Crippen LogP contribution in [0.2, 0.25) is 0 Å². The van der Waals surface area contributed by atoms with Crippen LogP contribution in [0, 0.1) is 5.41 Å². The Kier molecular flexibility index (Phi) is 4.38. The first kappa shape index (κ1) is 16.9. The van der Waals surface area contributed by atoms with Gasteiger partial charge in [-0.15, -0.1) is 5.11 Å². The van der Waals surface area contributed by atoms with Crippen molar-refractivity contribution in [2.45, 2.75) is 4.90 Å². The van der Waals surface area contributed by atoms with E-state index < -0.39 is 15.9 Å². The van der Waals surface area contributed by atoms with Crippen molar-refractivity contribution in [3.63, 3.8) is 0 Å². The highest BCUT2D eigenvalue weighted by Gasteiger charge is 2.22. The van der Waals surface area contributed by atoms with Crippen molar-refractivity contribution < 1.29 is 17.9 Å². The number of rotatable bonds is 3. The van der Waals surface area contributed by atoms with E-state index in [-0.39, 0.29) is 10.5 Å². The van der Waals surface area contributed by atoms with Gasteiger partial charge in [0.05, 0.1) is 4.90 Å². The first-order chi connectivity index (χ1) is 11.9. The molecule has 0 radical (unpaired) electrons. The molecule has 9 nitrogen and oxygen atoms in total. The lowest BCUT2D eigenvalue weighted by molar-refractivity contribution is 0.171. The van der Waals surface area contributed by atoms with Crippen LogP contribution in [0.4, 0.5) is 0 Å². The average Bonchev–Trinajstić information content (AvgIpc) is 2.60. The first-order valence-corrected chi connectivity index (χ1v) is 8.72. The molecule has 1 aliphatic heterocycles. The summed E-state index contributed by atoms with van der Waals surface area (Å²) in [6.07, 6.45) is 0. The van der Waals surface area contributed by atoms with Gasteiger partial charge in [0.1, 0.15) is 13.2 Å². The number of nitrogens with zero attached hydrogens (tertiary/aromatic N) is 2. The van der Waals surface area contributed by atoms with Gasteiger partial charge in [0, 0.05) is 5.56 Å². The zero-order valence-electron chi connectivity index (χ0n) is 13.0. The monoisotopic (exact) mass is 361 g/mol. The molecule has 1 heterocycles. The molecule has 0 unspecified atom stereocenters. The summed E-state index contributed by atoms with van der Waals surface area (Å²) in [4.78, 5) is -0.239. The molecule has 0 saturated carbocycles. The standard InChI is InChI=1S/C15H15N5O4S/c16-15(19-20-17)14-10(2-1-3-13(14)25(18,21)22)9-4-5-11-12(8-9)24-7-6-23-11/h1-5,8H,6-7H2,(H3,16,17,19)(H2,18,21,22). The van der Waals surface area contributed by atoms with Gasteiger partial charge in [-0.3, -0.25) is 5.41 Å². The third-order valence-corrected chi connectivity index (χ3v) is 4.53. The van der Waals surface area contributed by atoms with Gasteiger partial charge in [-0.2, -0.15) is 0 Å². The molecular formula is C15H15N5O4S. The zero-order chi connectivity index (χ0) is 18.0. The summed E-state index contributed by atoms with van der Waals surface area (Å²) < 4.78 is 34.8. The first-order valence-electron chi connectivity index (χ1n) is 7.17. The Morgan fingerprint density at radius 2 is 1.84 bits per heavy atom. The second kappa shape index (κ2) is 6.49. The van der Waals surface area contributed by atoms with Crippen LogP contribution < -0.4 is 20.5 Å². The maximum atomic E-state index is 11.9. The molecule has 1 aliphatic rings. The Morgan fingerprint density at radius 3 is 2.52 bits per heavy atom. The molecule has 0 saturated heterocycles. The van der Waals surface area contributed by atoms with Crippen molar-refractivity contribution >= 4 is 15.9 Å². The number of benzene rings is 2. The van der Waals surface area contributed by atoms with E-state index in [1.54, 1.807) is 24.3 Å². The Balaban J connectivity index is 2.24. The highest BCUT2D eigenvalue weighted by molar-refractivity contribution is 7.89. The number of fused-ring (bicyclic) bond motifs is 1. The van der Waals surface area contributed by atoms with Gasteiger partial charge in [-0.05, 0) is 29.3 Å². The second-order valence-corrected chi connectivity index (χ2v) is 6.68. The molecule has 10 heteroatoms. The molecule has 0 fully saturated rings. The maximum absolute atomic E-state index is 11.9. The third kappa shape index (κ3) is 3.30. The van der Waals surface area contributed by atoms with Gasteiger partial charge in [0.2, 0.25) is 10.0 Å². The van der Waals surface area contributed by atoms with Gasteiger partial charge in [0.15, 0.2) is 17.3 Å². The number of ether oxygens (including phenoxy) is 2. The molecule has 0 amide bonds. The summed E-state index contributed by atoms with van der Waals surface area (Å²) in [6.45, 7) is 0.873. The SMILES string of the molecule is N=C(N=NN)c1c(-c2ccc3c(c2)OCCO3)cccc1S(N)(=O)=O. The fourth-order valence-electron chi connectivity index (χ4n) is 2.57. The molecule has 5 N–H and O–H groups in total. The van der Waals surface area contributed by atoms with Crippen molar-refractivity contribution in [1.29, 1.82) is 5.41 Å². The molecule has 0 atom stereocenters. The number of hydrogen-bond acceptors (Lipinski definition) is 6. The highest BCUT2D eigenvalue weighted by Crippen LogP contribution is 2.37. The van der Waals surface area contributed by atoms with Crippen LogP contribution in [0.5, 0.6) is 11.5 Å². The highest BCUT2D eigenvalue weighted by atomic mass is 32.2. The number of nitrogens with two attached hydrogens (primary N) is 2. The van der Waals surface area contributed by atoms with Gasteiger partial charge in [-0.25, -0.2) is 13.6 Å². The Morgan fingerprint density at radius 1 is 1.12 bits per heavy atom. The molecule has 3 rings (SSSR count). The summed E-state index contributed by atoms with van der Waals surface area (Å²) in [5, 5.41) is 19.8. The Labute approximate surface area is 143 Å². The van der Waals surface area contributed by atoms with Crippen molar-refractivity contribution in [2.75, 3.05) is 13.2 Å². The Hall–Kier alpha value is -2.98. The minimum absolute atomic E-state index is 0.0101. The lowest BCUT2D eigenvalue weighted by atomic mass is 9.98. The van der Waals surface area contributed by atoms with E-state index in [9.17, 15) is 8.42 Å². The molecule has 25 heavy (non-hydrogen) atoms. The lowest BCUT2D eigenvalue weighted by Gasteiger charge is -2.19. The van der Waals surface area contributed by atoms with Crippen molar-refractivity contribution in [1.82, 2.24) is 0 Å². The number of sulfonamides is 1. The number of amidine groups is 1. The molecular weight excluding hydrogens is 346 g/mol. The van der Waals surface area contributed by atoms with E-state index in [2.05, 4.69) is 10.3 Å². The normalized spacial score (nSPS) is 13.8. The number of primary sulfonamides is 1. The quantitative estimate of drug-likeness (QED) is 0.248. The summed E-state index contributed by atoms with van der Waals surface area (Å²) in [5.74, 6) is 5.71. The third-order valence-electron chi connectivity index (χ3n) is 3.58. The van der Waals surface area contributed by atoms with Crippen LogP contribution in [-0.2, 0) is 10.0 Å². The number of nitrogens with one attached hydrogen (secondary N) is 1. The van der Waals surface area contributed by atoms with E-state index in [1.165, 1.54) is 12.1 Å². The summed E-state index contributed by atoms with van der Waals surface area (Å²) in [7, 11) is -4.08. The topological polar surface area (TPSA) is 153 Å². The number of hydrogen-bond donors (Lipinski definition) is 3. The fourth-order valence-corrected chi connectivity index (χ4v) is 3.33. The van der Waals surface area contributed by atoms with Gasteiger partial charge >= 0.3 is 0 Å². The minimum Gasteiger partial charge on any atom is -0.486 e. The molecule has 0 spiro atoms. The predicted octanol–water partition coefficient (Wildman–Crippen LogP) is 1.42. The molecule has 130 valence electrons. The summed E-state index contributed by atoms with van der Waals surface area (Å²) in [6, 6.07) is 9.62. The molecule has 2 aromatic rings. The zero-order valence-corrected chi connectivity index (χ0v) is 13.8. The van der Waals surface area contributed by atoms with Crippen LogP contribution in [0.25, 0.3) is 11.1 Å². The van der Waals surface area contributed by atoms with E-state index in [4.69, 9.17) is 25.9 Å². The van der Waals surface area contributed by atoms with Crippen LogP contribution in [0.1, 0.15) is 5.56 Å². The van der Waals surface area contributed by atoms with E-state index >= 15 is 0 Å². The van der Waals surface area contributed by atoms with Crippen LogP contribution in [0.3, 0.4) is 0 Å². The maximum Gasteiger partial charge on any atom is 0.238 e. The van der Waals surface area contributed by atoms with Crippen LogP contribution >= 0.6 is 0 Å². The van der Waals surface area contributed by atoms with Crippen molar-refractivity contribution in [3.05, 3.63) is 42.0 Å². The molecule has 0 aromatic heterocycles. The van der Waals surface area contributed by atoms with Crippen LogP contribution in [-0.4, -0.2) is 27.5 Å². The summed E-state index contributed by atoms with van der Waals surface area (Å²) >= 11 is 0. The van der Waals surface area contributed by atoms with E-state index in [1.807, 2.05) is 0 Å². The fraction of sp³-hybridized carbons (Fsp3) is 0.133. The summed E-state index contributed by atoms with van der Waals surface area (Å²) in [5.41, 5.74) is 1.05. The minimum atomic E-state index is -4.08. The average molecular weight is 361 g/mol. The van der Waals surface area contributed by atoms with E-state index in [0.717, 1.165) is 0 Å². The van der Waals surface area contributed by atoms with Gasteiger partial charge < -0.3 is 15.3 Å². The molecule has 2 aromatic carbocycles. The smallest absolute Gasteiger partial charge is 0.238 e. The van der Waals surface area contributed by atoms with Gasteiger partial charge in [0.25, 0.3) is 0 Å². The predicted molar refractivity (Wildman–Crippen MR) is 90.1 cm³/mol. The van der Waals surface area contributed by atoms with E-state index in [0.29, 0.717) is 35.8 Å². The Bertz CT molecular complexity index is 972. The molecule has 0 bridgehead atoms. The molecule has 0 aliphatic carbocycles. The lowest BCUT2D eigenvalue weighted by Crippen LogP contribution is -2.17. The van der Waals surface area contributed by atoms with Crippen molar-refractivity contribution in [2.24, 2.45) is 21.3 Å². The van der Waals surface area contributed by atoms with Crippen molar-refractivity contribution in [3.8, 4) is 22.6 Å². The second-order valence-electron chi connectivity index (χ2n) is 5.15. The largest absolute Gasteiger partial charge is 0.486 e.